The second-order valence-electron chi connectivity index (χ2n) is 8.66. The number of hydrogen-bond acceptors (Lipinski definition) is 6. The van der Waals surface area contributed by atoms with E-state index in [0.717, 1.165) is 15.4 Å². The molecule has 1 N–H and O–H groups in total. The zero-order valence-electron chi connectivity index (χ0n) is 20.5. The summed E-state index contributed by atoms with van der Waals surface area (Å²) in [6.45, 7) is 6.39. The van der Waals surface area contributed by atoms with E-state index in [1.54, 1.807) is 49.4 Å². The summed E-state index contributed by atoms with van der Waals surface area (Å²) in [5.74, 6) is 0.996. The van der Waals surface area contributed by atoms with Gasteiger partial charge in [-0.25, -0.2) is 13.8 Å². The third kappa shape index (κ3) is 5.68. The number of nitrogens with zero attached hydrogens (tertiary/aromatic N) is 2. The van der Waals surface area contributed by atoms with E-state index >= 15 is 0 Å². The van der Waals surface area contributed by atoms with Gasteiger partial charge in [-0.05, 0) is 60.9 Å². The molecule has 0 aromatic heterocycles. The van der Waals surface area contributed by atoms with E-state index in [2.05, 4.69) is 24.4 Å². The maximum absolute atomic E-state index is 13.5. The van der Waals surface area contributed by atoms with Crippen molar-refractivity contribution in [2.75, 3.05) is 24.1 Å². The molecule has 0 spiro atoms. The lowest BCUT2D eigenvalue weighted by Gasteiger charge is -2.24. The van der Waals surface area contributed by atoms with Gasteiger partial charge in [0.1, 0.15) is 19.8 Å². The van der Waals surface area contributed by atoms with Gasteiger partial charge in [0.05, 0.1) is 16.3 Å². The molecule has 0 saturated heterocycles. The molecule has 1 heterocycles. The summed E-state index contributed by atoms with van der Waals surface area (Å²) < 4.78 is 39.2. The number of hydrazone groups is 1. The average Bonchev–Trinajstić information content (AvgIpc) is 2.90. The quantitative estimate of drug-likeness (QED) is 0.362. The summed E-state index contributed by atoms with van der Waals surface area (Å²) in [6, 6.07) is 20.6. The van der Waals surface area contributed by atoms with Crippen LogP contribution < -0.4 is 19.2 Å². The van der Waals surface area contributed by atoms with Crippen molar-refractivity contribution in [3.63, 3.8) is 0 Å². The second kappa shape index (κ2) is 10.8. The predicted molar refractivity (Wildman–Crippen MR) is 139 cm³/mol. The van der Waals surface area contributed by atoms with Crippen LogP contribution in [0.25, 0.3) is 0 Å². The van der Waals surface area contributed by atoms with Crippen LogP contribution >= 0.6 is 0 Å². The fourth-order valence-electron chi connectivity index (χ4n) is 3.71. The molecule has 1 aliphatic rings. The standard InChI is InChI=1S/C27H29N3O5S/c1-19(2)21-9-12-23(13-10-21)30(36(32,33)24-7-5-4-6-8-24)18-27(31)29-28-20(3)22-11-14-25-26(17-22)35-16-15-34-25/h4-14,17,19H,15-16,18H2,1-3H3,(H,29,31)/b28-20-. The number of hydrogen-bond donors (Lipinski definition) is 1. The van der Waals surface area contributed by atoms with Crippen molar-refractivity contribution < 1.29 is 22.7 Å². The zero-order valence-corrected chi connectivity index (χ0v) is 21.3. The van der Waals surface area contributed by atoms with Crippen LogP contribution in [-0.2, 0) is 14.8 Å². The number of nitrogens with one attached hydrogen (secondary N) is 1. The molecule has 36 heavy (non-hydrogen) atoms. The van der Waals surface area contributed by atoms with Crippen LogP contribution in [0.15, 0.2) is 82.8 Å². The molecule has 0 atom stereocenters. The number of fused-ring (bicyclic) bond motifs is 1. The molecular formula is C27H29N3O5S. The first-order chi connectivity index (χ1) is 17.3. The summed E-state index contributed by atoms with van der Waals surface area (Å²) in [4.78, 5) is 13.0. The van der Waals surface area contributed by atoms with E-state index in [0.29, 0.717) is 42.0 Å². The average molecular weight is 508 g/mol. The van der Waals surface area contributed by atoms with Crippen LogP contribution in [0.3, 0.4) is 0 Å². The van der Waals surface area contributed by atoms with Crippen LogP contribution in [0.5, 0.6) is 11.5 Å². The summed E-state index contributed by atoms with van der Waals surface area (Å²) in [6.07, 6.45) is 0. The molecule has 0 radical (unpaired) electrons. The molecule has 0 saturated carbocycles. The number of benzene rings is 3. The van der Waals surface area contributed by atoms with Gasteiger partial charge in [-0.1, -0.05) is 44.2 Å². The monoisotopic (exact) mass is 507 g/mol. The van der Waals surface area contributed by atoms with Gasteiger partial charge in [0, 0.05) is 5.56 Å². The molecule has 3 aromatic carbocycles. The highest BCUT2D eigenvalue weighted by molar-refractivity contribution is 7.92. The molecule has 1 amide bonds. The molecule has 188 valence electrons. The van der Waals surface area contributed by atoms with E-state index < -0.39 is 22.5 Å². The Bertz CT molecular complexity index is 1350. The van der Waals surface area contributed by atoms with Gasteiger partial charge < -0.3 is 9.47 Å². The van der Waals surface area contributed by atoms with Gasteiger partial charge in [-0.3, -0.25) is 9.10 Å². The van der Waals surface area contributed by atoms with E-state index in [-0.39, 0.29) is 4.90 Å². The largest absolute Gasteiger partial charge is 0.486 e. The van der Waals surface area contributed by atoms with Crippen LogP contribution in [-0.4, -0.2) is 39.8 Å². The lowest BCUT2D eigenvalue weighted by molar-refractivity contribution is -0.119. The lowest BCUT2D eigenvalue weighted by Crippen LogP contribution is -2.39. The van der Waals surface area contributed by atoms with Crippen LogP contribution in [0.2, 0.25) is 0 Å². The molecule has 0 bridgehead atoms. The Kier molecular flexibility index (Phi) is 7.59. The van der Waals surface area contributed by atoms with Crippen LogP contribution in [0.1, 0.15) is 37.8 Å². The summed E-state index contributed by atoms with van der Waals surface area (Å²) >= 11 is 0. The van der Waals surface area contributed by atoms with Crippen molar-refractivity contribution >= 4 is 27.3 Å². The first-order valence-corrected chi connectivity index (χ1v) is 13.1. The molecule has 3 aromatic rings. The SMILES string of the molecule is C/C(=N/NC(=O)CN(c1ccc(C(C)C)cc1)S(=O)(=O)c1ccccc1)c1ccc2c(c1)OCCO2. The highest BCUT2D eigenvalue weighted by atomic mass is 32.2. The van der Waals surface area contributed by atoms with Crippen molar-refractivity contribution in [3.8, 4) is 11.5 Å². The third-order valence-electron chi connectivity index (χ3n) is 5.77. The third-order valence-corrected chi connectivity index (χ3v) is 7.56. The summed E-state index contributed by atoms with van der Waals surface area (Å²) in [7, 11) is -3.99. The van der Waals surface area contributed by atoms with Crippen molar-refractivity contribution in [2.24, 2.45) is 5.10 Å². The number of sulfonamides is 1. The number of carbonyl (C=O) groups excluding carboxylic acids is 1. The van der Waals surface area contributed by atoms with Gasteiger partial charge in [-0.2, -0.15) is 5.10 Å². The Hall–Kier alpha value is -3.85. The molecule has 0 fully saturated rings. The summed E-state index contributed by atoms with van der Waals surface area (Å²) in [5, 5.41) is 4.18. The van der Waals surface area contributed by atoms with E-state index in [4.69, 9.17) is 9.47 Å². The molecule has 8 nitrogen and oxygen atoms in total. The minimum absolute atomic E-state index is 0.0988. The van der Waals surface area contributed by atoms with Crippen molar-refractivity contribution in [3.05, 3.63) is 83.9 Å². The van der Waals surface area contributed by atoms with Gasteiger partial charge in [0.15, 0.2) is 11.5 Å². The number of carbonyl (C=O) groups is 1. The van der Waals surface area contributed by atoms with Gasteiger partial charge in [0.25, 0.3) is 15.9 Å². The molecule has 0 aliphatic carbocycles. The maximum atomic E-state index is 13.5. The molecule has 0 unspecified atom stereocenters. The first kappa shape index (κ1) is 25.2. The van der Waals surface area contributed by atoms with Gasteiger partial charge >= 0.3 is 0 Å². The summed E-state index contributed by atoms with van der Waals surface area (Å²) in [5.41, 5.74) is 5.24. The zero-order chi connectivity index (χ0) is 25.7. The lowest BCUT2D eigenvalue weighted by atomic mass is 10.0. The van der Waals surface area contributed by atoms with E-state index in [1.165, 1.54) is 12.1 Å². The van der Waals surface area contributed by atoms with Crippen molar-refractivity contribution in [2.45, 2.75) is 31.6 Å². The number of rotatable bonds is 8. The van der Waals surface area contributed by atoms with Crippen molar-refractivity contribution in [1.82, 2.24) is 5.43 Å². The van der Waals surface area contributed by atoms with E-state index in [9.17, 15) is 13.2 Å². The molecular weight excluding hydrogens is 478 g/mol. The topological polar surface area (TPSA) is 97.3 Å². The Morgan fingerprint density at radius 3 is 2.31 bits per heavy atom. The minimum Gasteiger partial charge on any atom is -0.486 e. The second-order valence-corrected chi connectivity index (χ2v) is 10.5. The molecule has 9 heteroatoms. The molecule has 1 aliphatic heterocycles. The predicted octanol–water partition coefficient (Wildman–Crippen LogP) is 4.32. The normalized spacial score (nSPS) is 13.4. The highest BCUT2D eigenvalue weighted by Gasteiger charge is 2.27. The minimum atomic E-state index is -3.99. The Morgan fingerprint density at radius 2 is 1.64 bits per heavy atom. The number of ether oxygens (including phenoxy) is 2. The number of anilines is 1. The highest BCUT2D eigenvalue weighted by Crippen LogP contribution is 2.31. The molecule has 4 rings (SSSR count). The maximum Gasteiger partial charge on any atom is 0.264 e. The van der Waals surface area contributed by atoms with Crippen LogP contribution in [0.4, 0.5) is 5.69 Å². The van der Waals surface area contributed by atoms with Crippen LogP contribution in [0, 0.1) is 0 Å². The van der Waals surface area contributed by atoms with Gasteiger partial charge in [0.2, 0.25) is 0 Å². The Labute approximate surface area is 211 Å². The van der Waals surface area contributed by atoms with Gasteiger partial charge in [-0.15, -0.1) is 0 Å². The Balaban J connectivity index is 1.56. The number of amides is 1. The first-order valence-electron chi connectivity index (χ1n) is 11.7. The van der Waals surface area contributed by atoms with E-state index in [1.807, 2.05) is 18.2 Å². The Morgan fingerprint density at radius 1 is 0.972 bits per heavy atom. The van der Waals surface area contributed by atoms with Crippen molar-refractivity contribution in [1.29, 1.82) is 0 Å². The fraction of sp³-hybridized carbons (Fsp3) is 0.259. The fourth-order valence-corrected chi connectivity index (χ4v) is 5.15. The smallest absolute Gasteiger partial charge is 0.264 e.